The Morgan fingerprint density at radius 1 is 0.389 bits per heavy atom. The molecule has 10 aromatic rings. The molecule has 1 N–H and O–H groups in total. The van der Waals surface area contributed by atoms with Crippen LogP contribution in [0.2, 0.25) is 0 Å². The Morgan fingerprint density at radius 3 is 1.65 bits per heavy atom. The molecule has 0 fully saturated rings. The minimum atomic E-state index is -0.226. The van der Waals surface area contributed by atoms with Gasteiger partial charge in [0.2, 0.25) is 0 Å². The molecule has 1 aliphatic heterocycles. The van der Waals surface area contributed by atoms with Crippen LogP contribution in [0, 0.1) is 0 Å². The Labute approximate surface area is 312 Å². The first-order chi connectivity index (χ1) is 26.8. The second-order valence-corrected chi connectivity index (χ2v) is 14.0. The highest BCUT2D eigenvalue weighted by Gasteiger charge is 2.28. The first-order valence-electron chi connectivity index (χ1n) is 18.5. The number of aliphatic imine (C=N–C) groups is 1. The number of anilines is 1. The summed E-state index contributed by atoms with van der Waals surface area (Å²) < 4.78 is 4.81. The summed E-state index contributed by atoms with van der Waals surface area (Å²) in [5.74, 6) is 0. The van der Waals surface area contributed by atoms with Gasteiger partial charge in [0, 0.05) is 32.8 Å². The van der Waals surface area contributed by atoms with Gasteiger partial charge >= 0.3 is 0 Å². The topological polar surface area (TPSA) is 34.2 Å². The van der Waals surface area contributed by atoms with Crippen LogP contribution >= 0.6 is 0 Å². The smallest absolute Gasteiger partial charge is 0.148 e. The molecule has 1 atom stereocenters. The molecule has 0 aliphatic carbocycles. The third kappa shape index (κ3) is 4.81. The SMILES string of the molecule is c1ccc(-c2ccc(C3=Nc4ccccc4NC3n3c4ccccc4c4cc(-c5ccc6c(c5)c5ccccc5n6-c5ccccc5)ccc43)cc2)cc1. The fraction of sp³-hybridized carbons (Fsp3) is 0.0200. The zero-order valence-electron chi connectivity index (χ0n) is 29.4. The summed E-state index contributed by atoms with van der Waals surface area (Å²) in [5, 5.41) is 8.84. The van der Waals surface area contributed by atoms with Gasteiger partial charge < -0.3 is 14.5 Å². The highest BCUT2D eigenvalue weighted by molar-refractivity contribution is 6.15. The fourth-order valence-electron chi connectivity index (χ4n) is 8.44. The summed E-state index contributed by atoms with van der Waals surface area (Å²) >= 11 is 0. The van der Waals surface area contributed by atoms with Gasteiger partial charge in [0.25, 0.3) is 0 Å². The van der Waals surface area contributed by atoms with Crippen LogP contribution in [0.4, 0.5) is 11.4 Å². The van der Waals surface area contributed by atoms with E-state index in [1.807, 2.05) is 0 Å². The summed E-state index contributed by atoms with van der Waals surface area (Å²) in [7, 11) is 0. The summed E-state index contributed by atoms with van der Waals surface area (Å²) in [6.45, 7) is 0. The first kappa shape index (κ1) is 30.5. The number of nitrogens with zero attached hydrogens (tertiary/aromatic N) is 3. The number of hydrogen-bond acceptors (Lipinski definition) is 2. The van der Waals surface area contributed by atoms with Gasteiger partial charge in [-0.2, -0.15) is 0 Å². The van der Waals surface area contributed by atoms with Crippen LogP contribution in [-0.2, 0) is 0 Å². The van der Waals surface area contributed by atoms with Crippen LogP contribution in [0.25, 0.3) is 71.6 Å². The standard InChI is InChI=1S/C50H34N4/c1-3-13-33(14-4-1)34-23-25-35(26-24-34)49-50(52-44-20-10-9-19-43(44)51-49)54-46-22-12-8-18-40(46)42-32-37(28-30-48(42)54)36-27-29-47-41(31-36)39-17-7-11-21-45(39)53(47)38-15-5-2-6-16-38/h1-32,50,52H. The molecular formula is C50H34N4. The number of rotatable bonds is 5. The van der Waals surface area contributed by atoms with E-state index in [9.17, 15) is 0 Å². The van der Waals surface area contributed by atoms with Crippen molar-refractivity contribution in [2.75, 3.05) is 5.32 Å². The van der Waals surface area contributed by atoms with E-state index in [1.165, 1.54) is 60.5 Å². The zero-order valence-corrected chi connectivity index (χ0v) is 29.4. The van der Waals surface area contributed by atoms with E-state index >= 15 is 0 Å². The molecule has 0 saturated heterocycles. The molecule has 0 radical (unpaired) electrons. The van der Waals surface area contributed by atoms with Crippen molar-refractivity contribution in [1.82, 2.24) is 9.13 Å². The maximum Gasteiger partial charge on any atom is 0.148 e. The third-order valence-electron chi connectivity index (χ3n) is 11.0. The van der Waals surface area contributed by atoms with Crippen molar-refractivity contribution in [2.45, 2.75) is 6.17 Å². The predicted octanol–water partition coefficient (Wildman–Crippen LogP) is 13.0. The lowest BCUT2D eigenvalue weighted by Crippen LogP contribution is -2.30. The molecule has 3 heterocycles. The lowest BCUT2D eigenvalue weighted by Gasteiger charge is -2.30. The highest BCUT2D eigenvalue weighted by Crippen LogP contribution is 2.41. The van der Waals surface area contributed by atoms with Crippen LogP contribution in [0.5, 0.6) is 0 Å². The van der Waals surface area contributed by atoms with Gasteiger partial charge in [0.15, 0.2) is 0 Å². The summed E-state index contributed by atoms with van der Waals surface area (Å²) in [5.41, 5.74) is 14.7. The highest BCUT2D eigenvalue weighted by atomic mass is 15.2. The van der Waals surface area contributed by atoms with Crippen molar-refractivity contribution in [3.63, 3.8) is 0 Å². The van der Waals surface area contributed by atoms with Gasteiger partial charge in [-0.1, -0.05) is 133 Å². The molecule has 0 bridgehead atoms. The molecule has 11 rings (SSSR count). The number of para-hydroxylation sites is 5. The second-order valence-electron chi connectivity index (χ2n) is 14.0. The molecule has 0 spiro atoms. The van der Waals surface area contributed by atoms with Gasteiger partial charge in [-0.25, -0.2) is 4.99 Å². The maximum absolute atomic E-state index is 5.34. The van der Waals surface area contributed by atoms with Gasteiger partial charge in [-0.15, -0.1) is 0 Å². The molecule has 1 aliphatic rings. The summed E-state index contributed by atoms with van der Waals surface area (Å²) in [6, 6.07) is 69.7. The Kier molecular flexibility index (Phi) is 6.89. The zero-order chi connectivity index (χ0) is 35.6. The van der Waals surface area contributed by atoms with Crippen molar-refractivity contribution in [2.24, 2.45) is 4.99 Å². The molecule has 0 amide bonds. The maximum atomic E-state index is 5.34. The normalized spacial score (nSPS) is 14.0. The number of benzene rings is 8. The van der Waals surface area contributed by atoms with E-state index in [0.29, 0.717) is 0 Å². The number of fused-ring (bicyclic) bond motifs is 7. The minimum absolute atomic E-state index is 0.226. The van der Waals surface area contributed by atoms with Gasteiger partial charge in [0.05, 0.1) is 39.2 Å². The van der Waals surface area contributed by atoms with Gasteiger partial charge in [-0.05, 0) is 82.9 Å². The fourth-order valence-corrected chi connectivity index (χ4v) is 8.44. The van der Waals surface area contributed by atoms with Crippen LogP contribution in [-0.4, -0.2) is 14.8 Å². The largest absolute Gasteiger partial charge is 0.358 e. The number of hydrogen-bond donors (Lipinski definition) is 1. The lowest BCUT2D eigenvalue weighted by atomic mass is 9.99. The molecule has 4 nitrogen and oxygen atoms in total. The Hall–Kier alpha value is -7.17. The van der Waals surface area contributed by atoms with Crippen molar-refractivity contribution in [1.29, 1.82) is 0 Å². The molecule has 2 aromatic heterocycles. The van der Waals surface area contributed by atoms with E-state index in [-0.39, 0.29) is 6.17 Å². The van der Waals surface area contributed by atoms with Crippen LogP contribution in [0.1, 0.15) is 11.7 Å². The third-order valence-corrected chi connectivity index (χ3v) is 11.0. The van der Waals surface area contributed by atoms with Crippen LogP contribution in [0.15, 0.2) is 199 Å². The quantitative estimate of drug-likeness (QED) is 0.192. The van der Waals surface area contributed by atoms with E-state index in [0.717, 1.165) is 33.7 Å². The van der Waals surface area contributed by atoms with Crippen molar-refractivity contribution >= 4 is 60.7 Å². The average Bonchev–Trinajstić information content (AvgIpc) is 3.76. The molecular weight excluding hydrogens is 657 g/mol. The first-order valence-corrected chi connectivity index (χ1v) is 18.5. The molecule has 54 heavy (non-hydrogen) atoms. The Bertz CT molecular complexity index is 3060. The van der Waals surface area contributed by atoms with Crippen molar-refractivity contribution in [3.05, 3.63) is 200 Å². The average molecular weight is 691 g/mol. The Balaban J connectivity index is 1.06. The second kappa shape index (κ2) is 12.2. The van der Waals surface area contributed by atoms with Crippen LogP contribution in [0.3, 0.4) is 0 Å². The summed E-state index contributed by atoms with van der Waals surface area (Å²) in [4.78, 5) is 5.34. The van der Waals surface area contributed by atoms with Crippen LogP contribution < -0.4 is 5.32 Å². The molecule has 0 saturated carbocycles. The van der Waals surface area contributed by atoms with E-state index < -0.39 is 0 Å². The number of nitrogens with one attached hydrogen (secondary N) is 1. The molecule has 1 unspecified atom stereocenters. The minimum Gasteiger partial charge on any atom is -0.358 e. The number of aromatic nitrogens is 2. The Morgan fingerprint density at radius 2 is 0.889 bits per heavy atom. The van der Waals surface area contributed by atoms with Crippen molar-refractivity contribution < 1.29 is 0 Å². The van der Waals surface area contributed by atoms with E-state index in [4.69, 9.17) is 4.99 Å². The predicted molar refractivity (Wildman–Crippen MR) is 226 cm³/mol. The molecule has 4 heteroatoms. The van der Waals surface area contributed by atoms with Gasteiger partial charge in [-0.3, -0.25) is 0 Å². The monoisotopic (exact) mass is 690 g/mol. The van der Waals surface area contributed by atoms with E-state index in [1.54, 1.807) is 0 Å². The lowest BCUT2D eigenvalue weighted by molar-refractivity contribution is 0.759. The molecule has 8 aromatic carbocycles. The molecule has 254 valence electrons. The van der Waals surface area contributed by atoms with E-state index in [2.05, 4.69) is 209 Å². The van der Waals surface area contributed by atoms with Gasteiger partial charge in [0.1, 0.15) is 6.17 Å². The van der Waals surface area contributed by atoms with Crippen molar-refractivity contribution in [3.8, 4) is 27.9 Å². The summed E-state index contributed by atoms with van der Waals surface area (Å²) in [6.07, 6.45) is -0.226.